The number of aliphatic hydroxyl groups excluding tert-OH is 1. The van der Waals surface area contributed by atoms with E-state index >= 15 is 0 Å². The van der Waals surface area contributed by atoms with Crippen molar-refractivity contribution in [1.29, 1.82) is 0 Å². The first-order chi connectivity index (χ1) is 9.58. The monoisotopic (exact) mass is 280 g/mol. The summed E-state index contributed by atoms with van der Waals surface area (Å²) >= 11 is 0. The molecule has 2 unspecified atom stereocenters. The lowest BCUT2D eigenvalue weighted by Crippen LogP contribution is -2.25. The van der Waals surface area contributed by atoms with Crippen molar-refractivity contribution in [3.8, 4) is 0 Å². The largest absolute Gasteiger partial charge is 0.393 e. The Hall–Kier alpha value is -1.46. The van der Waals surface area contributed by atoms with Gasteiger partial charge in [0.15, 0.2) is 0 Å². The normalized spacial score (nSPS) is 13.9. The third-order valence-electron chi connectivity index (χ3n) is 3.40. The molecule has 1 aromatic rings. The summed E-state index contributed by atoms with van der Waals surface area (Å²) in [6.07, 6.45) is 3.08. The zero-order chi connectivity index (χ0) is 15.0. The highest BCUT2D eigenvalue weighted by atomic mass is 16.6. The van der Waals surface area contributed by atoms with E-state index in [0.29, 0.717) is 13.0 Å². The van der Waals surface area contributed by atoms with Gasteiger partial charge in [-0.05, 0) is 31.4 Å². The number of benzene rings is 1. The van der Waals surface area contributed by atoms with Gasteiger partial charge in [0.05, 0.1) is 11.0 Å². The van der Waals surface area contributed by atoms with Crippen LogP contribution in [0.1, 0.15) is 51.1 Å². The molecule has 0 aliphatic carbocycles. The Morgan fingerprint density at radius 1 is 1.35 bits per heavy atom. The number of nitro benzene ring substituents is 1. The van der Waals surface area contributed by atoms with E-state index in [1.165, 1.54) is 6.07 Å². The van der Waals surface area contributed by atoms with Gasteiger partial charge in [-0.1, -0.05) is 32.4 Å². The Morgan fingerprint density at radius 3 is 2.70 bits per heavy atom. The molecule has 0 aliphatic heterocycles. The second-order valence-electron chi connectivity index (χ2n) is 5.00. The Kier molecular flexibility index (Phi) is 7.18. The smallest absolute Gasteiger partial charge is 0.269 e. The zero-order valence-corrected chi connectivity index (χ0v) is 12.2. The van der Waals surface area contributed by atoms with Crippen LogP contribution in [0.2, 0.25) is 0 Å². The van der Waals surface area contributed by atoms with E-state index in [0.717, 1.165) is 24.8 Å². The van der Waals surface area contributed by atoms with Gasteiger partial charge in [-0.15, -0.1) is 0 Å². The molecule has 0 amide bonds. The summed E-state index contributed by atoms with van der Waals surface area (Å²) in [5.41, 5.74) is 1.06. The van der Waals surface area contributed by atoms with Crippen molar-refractivity contribution in [3.63, 3.8) is 0 Å². The van der Waals surface area contributed by atoms with E-state index in [1.807, 2.05) is 13.0 Å². The van der Waals surface area contributed by atoms with Crippen LogP contribution in [0.25, 0.3) is 0 Å². The Labute approximate surface area is 120 Å². The van der Waals surface area contributed by atoms with Crippen LogP contribution >= 0.6 is 0 Å². The maximum atomic E-state index is 10.8. The molecule has 5 nitrogen and oxygen atoms in total. The molecule has 2 atom stereocenters. The molecule has 0 bridgehead atoms. The number of non-ortho nitro benzene ring substituents is 1. The molecule has 0 heterocycles. The first-order valence-electron chi connectivity index (χ1n) is 7.24. The van der Waals surface area contributed by atoms with Gasteiger partial charge in [0.25, 0.3) is 5.69 Å². The fourth-order valence-electron chi connectivity index (χ4n) is 2.16. The van der Waals surface area contributed by atoms with Crippen molar-refractivity contribution in [2.45, 2.75) is 51.7 Å². The molecule has 0 aliphatic rings. The van der Waals surface area contributed by atoms with E-state index < -0.39 is 0 Å². The average molecular weight is 280 g/mol. The van der Waals surface area contributed by atoms with E-state index in [9.17, 15) is 15.2 Å². The fourth-order valence-corrected chi connectivity index (χ4v) is 2.16. The molecular weight excluding hydrogens is 256 g/mol. The fraction of sp³-hybridized carbons (Fsp3) is 0.600. The maximum Gasteiger partial charge on any atom is 0.269 e. The van der Waals surface area contributed by atoms with Gasteiger partial charge in [0, 0.05) is 18.2 Å². The molecule has 1 rings (SSSR count). The van der Waals surface area contributed by atoms with Crippen molar-refractivity contribution in [2.24, 2.45) is 0 Å². The predicted molar refractivity (Wildman–Crippen MR) is 79.7 cm³/mol. The minimum Gasteiger partial charge on any atom is -0.393 e. The summed E-state index contributed by atoms with van der Waals surface area (Å²) in [7, 11) is 0. The van der Waals surface area contributed by atoms with Crippen molar-refractivity contribution in [1.82, 2.24) is 5.32 Å². The van der Waals surface area contributed by atoms with Crippen LogP contribution < -0.4 is 5.32 Å². The van der Waals surface area contributed by atoms with Crippen LogP contribution in [0.15, 0.2) is 24.3 Å². The molecule has 1 aromatic carbocycles. The molecule has 0 spiro atoms. The average Bonchev–Trinajstić information content (AvgIpc) is 2.46. The Bertz CT molecular complexity index is 423. The van der Waals surface area contributed by atoms with Crippen LogP contribution in [0.4, 0.5) is 5.69 Å². The summed E-state index contributed by atoms with van der Waals surface area (Å²) in [6, 6.07) is 6.87. The summed E-state index contributed by atoms with van der Waals surface area (Å²) in [6.45, 7) is 4.75. The molecule has 0 radical (unpaired) electrons. The van der Waals surface area contributed by atoms with Crippen LogP contribution in [0.5, 0.6) is 0 Å². The van der Waals surface area contributed by atoms with Gasteiger partial charge in [0.1, 0.15) is 0 Å². The molecule has 0 saturated heterocycles. The minimum atomic E-state index is -0.368. The lowest BCUT2D eigenvalue weighted by molar-refractivity contribution is -0.384. The van der Waals surface area contributed by atoms with E-state index in [-0.39, 0.29) is 22.8 Å². The third kappa shape index (κ3) is 5.27. The molecule has 0 fully saturated rings. The number of rotatable bonds is 9. The molecule has 20 heavy (non-hydrogen) atoms. The van der Waals surface area contributed by atoms with Crippen molar-refractivity contribution in [2.75, 3.05) is 6.54 Å². The van der Waals surface area contributed by atoms with Crippen molar-refractivity contribution < 1.29 is 10.0 Å². The van der Waals surface area contributed by atoms with Gasteiger partial charge in [-0.2, -0.15) is 0 Å². The summed E-state index contributed by atoms with van der Waals surface area (Å²) < 4.78 is 0. The van der Waals surface area contributed by atoms with E-state index in [2.05, 4.69) is 12.2 Å². The SMILES string of the molecule is CCCC(NCCC(O)CC)c1cccc([N+](=O)[O-])c1. The van der Waals surface area contributed by atoms with Crippen LogP contribution in [-0.4, -0.2) is 22.7 Å². The van der Waals surface area contributed by atoms with Gasteiger partial charge in [0.2, 0.25) is 0 Å². The first kappa shape index (κ1) is 16.6. The highest BCUT2D eigenvalue weighted by molar-refractivity contribution is 5.35. The highest BCUT2D eigenvalue weighted by Crippen LogP contribution is 2.22. The maximum absolute atomic E-state index is 10.8. The van der Waals surface area contributed by atoms with E-state index in [1.54, 1.807) is 12.1 Å². The molecule has 0 saturated carbocycles. The van der Waals surface area contributed by atoms with Gasteiger partial charge >= 0.3 is 0 Å². The number of nitrogens with one attached hydrogen (secondary N) is 1. The predicted octanol–water partition coefficient (Wildman–Crippen LogP) is 3.19. The zero-order valence-electron chi connectivity index (χ0n) is 12.2. The standard InChI is InChI=1S/C15H24N2O3/c1-3-6-15(16-10-9-14(18)4-2)12-7-5-8-13(11-12)17(19)20/h5,7-8,11,14-16,18H,3-4,6,9-10H2,1-2H3. The Morgan fingerprint density at radius 2 is 2.10 bits per heavy atom. The van der Waals surface area contributed by atoms with Gasteiger partial charge in [-0.3, -0.25) is 10.1 Å². The lowest BCUT2D eigenvalue weighted by atomic mass is 10.0. The van der Waals surface area contributed by atoms with Crippen molar-refractivity contribution >= 4 is 5.69 Å². The summed E-state index contributed by atoms with van der Waals surface area (Å²) in [4.78, 5) is 10.5. The van der Waals surface area contributed by atoms with Crippen LogP contribution in [0, 0.1) is 10.1 Å². The Balaban J connectivity index is 2.69. The summed E-state index contributed by atoms with van der Waals surface area (Å²) in [5, 5.41) is 23.8. The second kappa shape index (κ2) is 8.66. The van der Waals surface area contributed by atoms with Crippen molar-refractivity contribution in [3.05, 3.63) is 39.9 Å². The third-order valence-corrected chi connectivity index (χ3v) is 3.40. The quantitative estimate of drug-likeness (QED) is 0.538. The molecule has 5 heteroatoms. The summed E-state index contributed by atoms with van der Waals surface area (Å²) in [5.74, 6) is 0. The number of nitro groups is 1. The van der Waals surface area contributed by atoms with Gasteiger partial charge in [-0.25, -0.2) is 0 Å². The lowest BCUT2D eigenvalue weighted by Gasteiger charge is -2.19. The number of aliphatic hydroxyl groups is 1. The topological polar surface area (TPSA) is 75.4 Å². The van der Waals surface area contributed by atoms with Crippen LogP contribution in [0.3, 0.4) is 0 Å². The second-order valence-corrected chi connectivity index (χ2v) is 5.00. The first-order valence-corrected chi connectivity index (χ1v) is 7.24. The van der Waals surface area contributed by atoms with Gasteiger partial charge < -0.3 is 10.4 Å². The molecule has 112 valence electrons. The molecule has 2 N–H and O–H groups in total. The molecular formula is C15H24N2O3. The number of nitrogens with zero attached hydrogens (tertiary/aromatic N) is 1. The van der Waals surface area contributed by atoms with Crippen LogP contribution in [-0.2, 0) is 0 Å². The molecule has 0 aromatic heterocycles. The number of hydrogen-bond acceptors (Lipinski definition) is 4. The number of hydrogen-bond donors (Lipinski definition) is 2. The highest BCUT2D eigenvalue weighted by Gasteiger charge is 2.14. The minimum absolute atomic E-state index is 0.101. The van der Waals surface area contributed by atoms with E-state index in [4.69, 9.17) is 0 Å².